The normalized spacial score (nSPS) is 10.2. The Morgan fingerprint density at radius 2 is 2.33 bits per heavy atom. The fourth-order valence-electron chi connectivity index (χ4n) is 1.20. The monoisotopic (exact) mass is 239 g/mol. The first-order valence-corrected chi connectivity index (χ1v) is 5.89. The lowest BCUT2D eigenvalue weighted by Gasteiger charge is -2.03. The number of rotatable bonds is 4. The maximum Gasteiger partial charge on any atom is 0.149 e. The molecule has 2 rings (SSSR count). The lowest BCUT2D eigenvalue weighted by molar-refractivity contribution is 1.01. The van der Waals surface area contributed by atoms with Crippen LogP contribution in [0.25, 0.3) is 0 Å². The van der Waals surface area contributed by atoms with Gasteiger partial charge in [0.1, 0.15) is 11.0 Å². The lowest BCUT2D eigenvalue weighted by atomic mass is 10.2. The molecule has 0 bridgehead atoms. The van der Waals surface area contributed by atoms with Gasteiger partial charge in [-0.15, -0.1) is 0 Å². The number of nitrogens with one attached hydrogen (secondary N) is 1. The van der Waals surface area contributed by atoms with Crippen LogP contribution in [0.1, 0.15) is 5.56 Å². The van der Waals surface area contributed by atoms with Crippen LogP contribution in [-0.4, -0.2) is 16.5 Å². The Balaban J connectivity index is 1.83. The zero-order chi connectivity index (χ0) is 10.5. The Morgan fingerprint density at radius 1 is 1.40 bits per heavy atom. The highest BCUT2D eigenvalue weighted by Crippen LogP contribution is 2.09. The van der Waals surface area contributed by atoms with E-state index in [0.717, 1.165) is 18.8 Å². The smallest absolute Gasteiger partial charge is 0.149 e. The van der Waals surface area contributed by atoms with E-state index in [4.69, 9.17) is 11.6 Å². The molecule has 2 aromatic rings. The molecule has 3 nitrogen and oxygen atoms in total. The Bertz CT molecular complexity index is 416. The van der Waals surface area contributed by atoms with Crippen molar-refractivity contribution in [1.29, 1.82) is 0 Å². The van der Waals surface area contributed by atoms with Crippen LogP contribution >= 0.6 is 22.9 Å². The molecule has 15 heavy (non-hydrogen) atoms. The molecule has 0 aliphatic heterocycles. The number of aromatic nitrogens is 2. The minimum absolute atomic E-state index is 0.413. The number of halogens is 1. The van der Waals surface area contributed by atoms with E-state index >= 15 is 0 Å². The van der Waals surface area contributed by atoms with Gasteiger partial charge < -0.3 is 5.32 Å². The second-order valence-corrected chi connectivity index (χ2v) is 4.20. The molecule has 0 aromatic carbocycles. The van der Waals surface area contributed by atoms with Crippen molar-refractivity contribution in [2.75, 3.05) is 11.9 Å². The third-order valence-electron chi connectivity index (χ3n) is 1.91. The van der Waals surface area contributed by atoms with Crippen molar-refractivity contribution in [3.63, 3.8) is 0 Å². The van der Waals surface area contributed by atoms with Crippen LogP contribution in [0.3, 0.4) is 0 Å². The van der Waals surface area contributed by atoms with Crippen molar-refractivity contribution < 1.29 is 0 Å². The minimum atomic E-state index is 0.413. The van der Waals surface area contributed by atoms with Crippen LogP contribution in [0.2, 0.25) is 5.15 Å². The summed E-state index contributed by atoms with van der Waals surface area (Å²) in [6.07, 6.45) is 4.17. The first-order valence-electron chi connectivity index (χ1n) is 4.57. The predicted octanol–water partition coefficient (Wildman–Crippen LogP) is 2.85. The topological polar surface area (TPSA) is 37.8 Å². The highest BCUT2D eigenvalue weighted by atomic mass is 35.5. The van der Waals surface area contributed by atoms with Crippen molar-refractivity contribution in [1.82, 2.24) is 9.97 Å². The van der Waals surface area contributed by atoms with Gasteiger partial charge in [-0.25, -0.2) is 4.98 Å². The molecule has 0 spiro atoms. The first-order chi connectivity index (χ1) is 7.34. The predicted molar refractivity (Wildman–Crippen MR) is 63.6 cm³/mol. The number of anilines is 1. The second-order valence-electron chi connectivity index (χ2n) is 3.04. The van der Waals surface area contributed by atoms with Gasteiger partial charge >= 0.3 is 0 Å². The van der Waals surface area contributed by atoms with Crippen LogP contribution in [0.15, 0.2) is 29.2 Å². The maximum absolute atomic E-state index is 5.71. The standard InChI is InChI=1S/C10H10ClN3S/c11-9-5-12-6-10(14-9)13-3-1-8-2-4-15-7-8/h2,4-7H,1,3H2,(H,13,14). The van der Waals surface area contributed by atoms with E-state index in [0.29, 0.717) is 5.15 Å². The molecular weight excluding hydrogens is 230 g/mol. The van der Waals surface area contributed by atoms with Crippen molar-refractivity contribution in [3.05, 3.63) is 39.9 Å². The van der Waals surface area contributed by atoms with E-state index in [1.54, 1.807) is 17.5 Å². The van der Waals surface area contributed by atoms with Gasteiger partial charge in [-0.05, 0) is 28.8 Å². The van der Waals surface area contributed by atoms with Crippen molar-refractivity contribution >= 4 is 28.8 Å². The van der Waals surface area contributed by atoms with Crippen LogP contribution in [0, 0.1) is 0 Å². The zero-order valence-electron chi connectivity index (χ0n) is 7.98. The number of thiophene rings is 1. The molecule has 78 valence electrons. The molecule has 0 aliphatic rings. The fourth-order valence-corrected chi connectivity index (χ4v) is 2.05. The van der Waals surface area contributed by atoms with Gasteiger partial charge in [-0.2, -0.15) is 11.3 Å². The fraction of sp³-hybridized carbons (Fsp3) is 0.200. The second kappa shape index (κ2) is 5.09. The number of hydrogen-bond acceptors (Lipinski definition) is 4. The summed E-state index contributed by atoms with van der Waals surface area (Å²) >= 11 is 7.42. The summed E-state index contributed by atoms with van der Waals surface area (Å²) in [5.74, 6) is 0.720. The number of hydrogen-bond donors (Lipinski definition) is 1. The molecule has 1 N–H and O–H groups in total. The molecule has 0 atom stereocenters. The van der Waals surface area contributed by atoms with Crippen molar-refractivity contribution in [2.24, 2.45) is 0 Å². The Kier molecular flexibility index (Phi) is 3.53. The van der Waals surface area contributed by atoms with Crippen LogP contribution in [0.5, 0.6) is 0 Å². The van der Waals surface area contributed by atoms with Crippen molar-refractivity contribution in [2.45, 2.75) is 6.42 Å². The first kappa shape index (κ1) is 10.4. The highest BCUT2D eigenvalue weighted by Gasteiger charge is 1.96. The Morgan fingerprint density at radius 3 is 3.07 bits per heavy atom. The van der Waals surface area contributed by atoms with Gasteiger partial charge in [0.15, 0.2) is 0 Å². The lowest BCUT2D eigenvalue weighted by Crippen LogP contribution is -2.06. The molecule has 2 aromatic heterocycles. The van der Waals surface area contributed by atoms with Gasteiger partial charge in [0.2, 0.25) is 0 Å². The molecule has 0 saturated carbocycles. The van der Waals surface area contributed by atoms with Crippen LogP contribution < -0.4 is 5.32 Å². The van der Waals surface area contributed by atoms with E-state index in [1.807, 2.05) is 0 Å². The maximum atomic E-state index is 5.71. The zero-order valence-corrected chi connectivity index (χ0v) is 9.55. The van der Waals surface area contributed by atoms with Gasteiger partial charge in [-0.3, -0.25) is 4.98 Å². The minimum Gasteiger partial charge on any atom is -0.368 e. The molecular formula is C10H10ClN3S. The van der Waals surface area contributed by atoms with Gasteiger partial charge in [0.25, 0.3) is 0 Å². The summed E-state index contributed by atoms with van der Waals surface area (Å²) in [6, 6.07) is 2.12. The molecule has 0 amide bonds. The number of nitrogens with zero attached hydrogens (tertiary/aromatic N) is 2. The summed E-state index contributed by atoms with van der Waals surface area (Å²) in [5.41, 5.74) is 1.34. The van der Waals surface area contributed by atoms with E-state index in [2.05, 4.69) is 32.1 Å². The molecule has 0 unspecified atom stereocenters. The SMILES string of the molecule is Clc1cncc(NCCc2ccsc2)n1. The Hall–Kier alpha value is -1.13. The summed E-state index contributed by atoms with van der Waals surface area (Å²) in [4.78, 5) is 8.03. The summed E-state index contributed by atoms with van der Waals surface area (Å²) in [6.45, 7) is 0.839. The quantitative estimate of drug-likeness (QED) is 0.892. The largest absolute Gasteiger partial charge is 0.368 e. The van der Waals surface area contributed by atoms with Gasteiger partial charge in [0, 0.05) is 6.54 Å². The van der Waals surface area contributed by atoms with Gasteiger partial charge in [-0.1, -0.05) is 11.6 Å². The highest BCUT2D eigenvalue weighted by molar-refractivity contribution is 7.07. The molecule has 0 saturated heterocycles. The summed E-state index contributed by atoms with van der Waals surface area (Å²) < 4.78 is 0. The molecule has 0 aliphatic carbocycles. The van der Waals surface area contributed by atoms with E-state index in [1.165, 1.54) is 11.8 Å². The summed E-state index contributed by atoms with van der Waals surface area (Å²) in [7, 11) is 0. The molecule has 0 radical (unpaired) electrons. The third-order valence-corrected chi connectivity index (χ3v) is 2.82. The summed E-state index contributed by atoms with van der Waals surface area (Å²) in [5, 5.41) is 7.80. The third kappa shape index (κ3) is 3.18. The average molecular weight is 240 g/mol. The van der Waals surface area contributed by atoms with E-state index in [-0.39, 0.29) is 0 Å². The molecule has 2 heterocycles. The molecule has 5 heteroatoms. The van der Waals surface area contributed by atoms with Crippen LogP contribution in [0.4, 0.5) is 5.82 Å². The van der Waals surface area contributed by atoms with E-state index in [9.17, 15) is 0 Å². The Labute approximate surface area is 97.2 Å². The van der Waals surface area contributed by atoms with Gasteiger partial charge in [0.05, 0.1) is 12.4 Å². The van der Waals surface area contributed by atoms with E-state index < -0.39 is 0 Å². The molecule has 0 fully saturated rings. The van der Waals surface area contributed by atoms with Crippen molar-refractivity contribution in [3.8, 4) is 0 Å². The van der Waals surface area contributed by atoms with Crippen LogP contribution in [-0.2, 0) is 6.42 Å². The average Bonchev–Trinajstić information content (AvgIpc) is 2.71.